The molecule has 0 spiro atoms. The minimum absolute atomic E-state index is 0.235. The summed E-state index contributed by atoms with van der Waals surface area (Å²) in [5, 5.41) is 9.46. The molecular weight excluding hydrogens is 144 g/mol. The van der Waals surface area contributed by atoms with Crippen LogP contribution in [0.2, 0.25) is 0 Å². The Labute approximate surface area is 66.4 Å². The first-order valence-electron chi connectivity index (χ1n) is 3.92. The summed E-state index contributed by atoms with van der Waals surface area (Å²) >= 11 is 0. The number of aliphatic hydroxyl groups excluding tert-OH is 1. The highest BCUT2D eigenvalue weighted by Crippen LogP contribution is 2.31. The summed E-state index contributed by atoms with van der Waals surface area (Å²) in [5.74, 6) is -0.323. The highest BCUT2D eigenvalue weighted by molar-refractivity contribution is 5.73. The van der Waals surface area contributed by atoms with E-state index in [4.69, 9.17) is 0 Å². The Morgan fingerprint density at radius 2 is 2.18 bits per heavy atom. The Morgan fingerprint density at radius 1 is 1.55 bits per heavy atom. The normalized spacial score (nSPS) is 37.2. The summed E-state index contributed by atoms with van der Waals surface area (Å²) in [6.07, 6.45) is 1.18. The van der Waals surface area contributed by atoms with E-state index in [1.165, 1.54) is 7.11 Å². The predicted molar refractivity (Wildman–Crippen MR) is 39.9 cm³/mol. The third-order valence-corrected chi connectivity index (χ3v) is 2.43. The average molecular weight is 158 g/mol. The van der Waals surface area contributed by atoms with Gasteiger partial charge >= 0.3 is 5.97 Å². The van der Waals surface area contributed by atoms with Crippen molar-refractivity contribution in [3.8, 4) is 0 Å². The Balaban J connectivity index is 2.54. The van der Waals surface area contributed by atoms with E-state index in [1.54, 1.807) is 0 Å². The van der Waals surface area contributed by atoms with Crippen LogP contribution in [0, 0.1) is 11.8 Å². The van der Waals surface area contributed by atoms with Crippen LogP contribution in [0.25, 0.3) is 0 Å². The van der Waals surface area contributed by atoms with Gasteiger partial charge in [0, 0.05) is 0 Å². The van der Waals surface area contributed by atoms with Gasteiger partial charge in [0.1, 0.15) is 0 Å². The third kappa shape index (κ3) is 1.53. The highest BCUT2D eigenvalue weighted by atomic mass is 16.5. The molecular formula is C8H14O3. The lowest BCUT2D eigenvalue weighted by Gasteiger charge is -2.13. The van der Waals surface area contributed by atoms with Gasteiger partial charge in [-0.1, -0.05) is 6.92 Å². The molecule has 3 nitrogen and oxygen atoms in total. The Morgan fingerprint density at radius 3 is 2.55 bits per heavy atom. The predicted octanol–water partition coefficient (Wildman–Crippen LogP) is 0.566. The van der Waals surface area contributed by atoms with Crippen molar-refractivity contribution in [2.75, 3.05) is 7.11 Å². The second kappa shape index (κ2) is 3.22. The van der Waals surface area contributed by atoms with Gasteiger partial charge in [0.25, 0.3) is 0 Å². The number of hydrogen-bond acceptors (Lipinski definition) is 3. The quantitative estimate of drug-likeness (QED) is 0.567. The highest BCUT2D eigenvalue weighted by Gasteiger charge is 2.37. The van der Waals surface area contributed by atoms with Gasteiger partial charge in [0.15, 0.2) is 0 Å². The van der Waals surface area contributed by atoms with E-state index in [-0.39, 0.29) is 17.8 Å². The average Bonchev–Trinajstić information content (AvgIpc) is 2.32. The van der Waals surface area contributed by atoms with Crippen LogP contribution < -0.4 is 0 Å². The van der Waals surface area contributed by atoms with Crippen molar-refractivity contribution < 1.29 is 14.6 Å². The molecule has 64 valence electrons. The lowest BCUT2D eigenvalue weighted by Crippen LogP contribution is -2.27. The zero-order valence-corrected chi connectivity index (χ0v) is 6.91. The second-order valence-corrected chi connectivity index (χ2v) is 3.17. The number of esters is 1. The molecule has 0 heterocycles. The van der Waals surface area contributed by atoms with E-state index >= 15 is 0 Å². The lowest BCUT2D eigenvalue weighted by atomic mass is 10.0. The van der Waals surface area contributed by atoms with Gasteiger partial charge < -0.3 is 9.84 Å². The minimum Gasteiger partial charge on any atom is -0.469 e. The lowest BCUT2D eigenvalue weighted by molar-refractivity contribution is -0.148. The van der Waals surface area contributed by atoms with Crippen LogP contribution in [0.3, 0.4) is 0 Å². The molecule has 1 N–H and O–H groups in total. The fourth-order valence-electron chi connectivity index (χ4n) is 1.59. The van der Waals surface area contributed by atoms with Crippen LogP contribution in [-0.2, 0) is 9.53 Å². The zero-order valence-electron chi connectivity index (χ0n) is 6.91. The fourth-order valence-corrected chi connectivity index (χ4v) is 1.59. The second-order valence-electron chi connectivity index (χ2n) is 3.17. The molecule has 0 bridgehead atoms. The zero-order chi connectivity index (χ0) is 8.43. The van der Waals surface area contributed by atoms with Crippen LogP contribution in [0.15, 0.2) is 0 Å². The third-order valence-electron chi connectivity index (χ3n) is 2.43. The number of carbonyl (C=O) groups is 1. The van der Waals surface area contributed by atoms with Gasteiger partial charge in [-0.15, -0.1) is 0 Å². The standard InChI is InChI=1S/C8H14O3/c1-5-3-4-6(7(5)9)8(10)11-2/h5-7,9H,3-4H2,1-2H3/t5-,6-,7+/m0/s1. The van der Waals surface area contributed by atoms with Crippen LogP contribution in [0.1, 0.15) is 19.8 Å². The topological polar surface area (TPSA) is 46.5 Å². The molecule has 1 aliphatic carbocycles. The first kappa shape index (κ1) is 8.53. The molecule has 0 aromatic heterocycles. The summed E-state index contributed by atoms with van der Waals surface area (Å²) in [7, 11) is 1.36. The Kier molecular flexibility index (Phi) is 2.49. The summed E-state index contributed by atoms with van der Waals surface area (Å²) in [6.45, 7) is 1.95. The van der Waals surface area contributed by atoms with Gasteiger partial charge in [-0.3, -0.25) is 4.79 Å². The molecule has 1 rings (SSSR count). The first-order valence-corrected chi connectivity index (χ1v) is 3.92. The van der Waals surface area contributed by atoms with E-state index in [0.717, 1.165) is 12.8 Å². The minimum atomic E-state index is -0.498. The van der Waals surface area contributed by atoms with Crippen LogP contribution in [-0.4, -0.2) is 24.3 Å². The summed E-state index contributed by atoms with van der Waals surface area (Å²) < 4.78 is 4.55. The summed E-state index contributed by atoms with van der Waals surface area (Å²) in [4.78, 5) is 11.0. The molecule has 1 fully saturated rings. The van der Waals surface area contributed by atoms with E-state index < -0.39 is 6.10 Å². The maximum atomic E-state index is 11.0. The van der Waals surface area contributed by atoms with Crippen LogP contribution >= 0.6 is 0 Å². The van der Waals surface area contributed by atoms with E-state index in [0.29, 0.717) is 0 Å². The maximum absolute atomic E-state index is 11.0. The molecule has 11 heavy (non-hydrogen) atoms. The Hall–Kier alpha value is -0.570. The molecule has 1 saturated carbocycles. The van der Waals surface area contributed by atoms with Crippen molar-refractivity contribution in [2.24, 2.45) is 11.8 Å². The van der Waals surface area contributed by atoms with Crippen LogP contribution in [0.4, 0.5) is 0 Å². The maximum Gasteiger partial charge on any atom is 0.311 e. The number of hydrogen-bond donors (Lipinski definition) is 1. The summed E-state index contributed by atoms with van der Waals surface area (Å²) in [5.41, 5.74) is 0. The SMILES string of the molecule is COC(=O)[C@H]1CC[C@H](C)[C@H]1O. The van der Waals surface area contributed by atoms with Gasteiger partial charge in [0.2, 0.25) is 0 Å². The number of rotatable bonds is 1. The smallest absolute Gasteiger partial charge is 0.311 e. The van der Waals surface area contributed by atoms with E-state index in [9.17, 15) is 9.90 Å². The molecule has 0 saturated heterocycles. The monoisotopic (exact) mass is 158 g/mol. The first-order chi connectivity index (χ1) is 5.16. The van der Waals surface area contributed by atoms with Crippen molar-refractivity contribution in [1.82, 2.24) is 0 Å². The largest absolute Gasteiger partial charge is 0.469 e. The molecule has 0 aliphatic heterocycles. The molecule has 0 aromatic rings. The Bertz CT molecular complexity index is 155. The van der Waals surface area contributed by atoms with Crippen molar-refractivity contribution in [3.63, 3.8) is 0 Å². The summed E-state index contributed by atoms with van der Waals surface area (Å²) in [6, 6.07) is 0. The van der Waals surface area contributed by atoms with Gasteiger partial charge in [0.05, 0.1) is 19.1 Å². The van der Waals surface area contributed by atoms with Crippen LogP contribution in [0.5, 0.6) is 0 Å². The van der Waals surface area contributed by atoms with Crippen molar-refractivity contribution in [3.05, 3.63) is 0 Å². The van der Waals surface area contributed by atoms with E-state index in [1.807, 2.05) is 6.92 Å². The molecule has 0 unspecified atom stereocenters. The van der Waals surface area contributed by atoms with Crippen molar-refractivity contribution in [2.45, 2.75) is 25.9 Å². The number of methoxy groups -OCH3 is 1. The molecule has 0 amide bonds. The van der Waals surface area contributed by atoms with Gasteiger partial charge in [-0.25, -0.2) is 0 Å². The molecule has 0 aromatic carbocycles. The molecule has 1 aliphatic rings. The molecule has 3 atom stereocenters. The van der Waals surface area contributed by atoms with Gasteiger partial charge in [-0.2, -0.15) is 0 Å². The number of carbonyl (C=O) groups excluding carboxylic acids is 1. The van der Waals surface area contributed by atoms with Crippen molar-refractivity contribution >= 4 is 5.97 Å². The van der Waals surface area contributed by atoms with Crippen molar-refractivity contribution in [1.29, 1.82) is 0 Å². The van der Waals surface area contributed by atoms with E-state index in [2.05, 4.69) is 4.74 Å². The van der Waals surface area contributed by atoms with Gasteiger partial charge in [-0.05, 0) is 18.8 Å². The molecule has 3 heteroatoms. The number of ether oxygens (including phenoxy) is 1. The fraction of sp³-hybridized carbons (Fsp3) is 0.875. The molecule has 0 radical (unpaired) electrons. The number of aliphatic hydroxyl groups is 1.